The Labute approximate surface area is 134 Å². The lowest BCUT2D eigenvalue weighted by molar-refractivity contribution is -0.137. The lowest BCUT2D eigenvalue weighted by Crippen LogP contribution is -2.06. The third-order valence-corrected chi connectivity index (χ3v) is 3.19. The summed E-state index contributed by atoms with van der Waals surface area (Å²) in [6, 6.07) is 7.55. The lowest BCUT2D eigenvalue weighted by Gasteiger charge is -2.08. The third-order valence-electron chi connectivity index (χ3n) is 2.67. The Bertz CT molecular complexity index is 700. The molecule has 2 aromatic rings. The molecule has 0 amide bonds. The van der Waals surface area contributed by atoms with E-state index in [4.69, 9.17) is 28.0 Å². The summed E-state index contributed by atoms with van der Waals surface area (Å²) < 4.78 is 37.5. The zero-order valence-corrected chi connectivity index (χ0v) is 12.7. The van der Waals surface area contributed by atoms with Gasteiger partial charge in [-0.15, -0.1) is 0 Å². The summed E-state index contributed by atoms with van der Waals surface area (Å²) in [6.45, 7) is 1.67. The Balaban J connectivity index is 2.17. The number of aromatic nitrogens is 1. The second-order valence-electron chi connectivity index (χ2n) is 4.28. The molecule has 0 aliphatic carbocycles. The zero-order chi connectivity index (χ0) is 16.3. The molecule has 0 radical (unpaired) electrons. The van der Waals surface area contributed by atoms with Gasteiger partial charge in [0, 0.05) is 11.2 Å². The van der Waals surface area contributed by atoms with E-state index in [0.717, 1.165) is 11.6 Å². The minimum absolute atomic E-state index is 0.206. The van der Waals surface area contributed by atoms with Crippen molar-refractivity contribution in [3.05, 3.63) is 57.7 Å². The molecule has 1 aromatic carbocycles. The number of nitrogens with zero attached hydrogens (tertiary/aromatic N) is 2. The Morgan fingerprint density at radius 1 is 1.18 bits per heavy atom. The van der Waals surface area contributed by atoms with Crippen molar-refractivity contribution in [1.29, 1.82) is 0 Å². The average Bonchev–Trinajstić information content (AvgIpc) is 2.45. The van der Waals surface area contributed by atoms with Crippen molar-refractivity contribution < 1.29 is 18.0 Å². The van der Waals surface area contributed by atoms with Gasteiger partial charge in [0.15, 0.2) is 0 Å². The molecule has 0 unspecified atom stereocenters. The zero-order valence-electron chi connectivity index (χ0n) is 11.2. The molecule has 0 N–H and O–H groups in total. The van der Waals surface area contributed by atoms with Crippen molar-refractivity contribution in [1.82, 2.24) is 4.98 Å². The maximum Gasteiger partial charge on any atom is 0.417 e. The van der Waals surface area contributed by atoms with Crippen LogP contribution in [0.5, 0.6) is 5.88 Å². The van der Waals surface area contributed by atoms with Gasteiger partial charge in [-0.1, -0.05) is 40.5 Å². The van der Waals surface area contributed by atoms with E-state index >= 15 is 0 Å². The summed E-state index contributed by atoms with van der Waals surface area (Å²) >= 11 is 11.5. The highest BCUT2D eigenvalue weighted by atomic mass is 35.5. The largest absolute Gasteiger partial charge is 0.417 e. The molecule has 0 atom stereocenters. The maximum absolute atomic E-state index is 12.5. The van der Waals surface area contributed by atoms with Gasteiger partial charge in [0.25, 0.3) is 5.88 Å². The van der Waals surface area contributed by atoms with Crippen LogP contribution in [0, 0.1) is 0 Å². The molecule has 1 aromatic heterocycles. The van der Waals surface area contributed by atoms with Gasteiger partial charge in [0.2, 0.25) is 0 Å². The Hall–Kier alpha value is -1.79. The first kappa shape index (κ1) is 16.6. The number of benzene rings is 1. The summed E-state index contributed by atoms with van der Waals surface area (Å²) in [4.78, 5) is 8.52. The smallest absolute Gasteiger partial charge is 0.335 e. The molecule has 116 valence electrons. The van der Waals surface area contributed by atoms with Crippen LogP contribution in [0.4, 0.5) is 13.2 Å². The molecule has 22 heavy (non-hydrogen) atoms. The van der Waals surface area contributed by atoms with Crippen LogP contribution in [-0.2, 0) is 6.18 Å². The molecule has 0 saturated carbocycles. The standard InChI is InChI=1S/C14H9Cl2F3N2O/c1-8(9-2-4-11(15)5-3-9)21-22-13-12(16)6-10(7-20-13)14(17,18)19/h2-7H,1H3/b21-8-. The first-order chi connectivity index (χ1) is 10.3. The summed E-state index contributed by atoms with van der Waals surface area (Å²) in [5.41, 5.74) is 0.283. The van der Waals surface area contributed by atoms with Crippen molar-refractivity contribution in [2.75, 3.05) is 0 Å². The lowest BCUT2D eigenvalue weighted by atomic mass is 10.1. The van der Waals surface area contributed by atoms with Crippen molar-refractivity contribution in [3.8, 4) is 5.88 Å². The van der Waals surface area contributed by atoms with Crippen LogP contribution in [0.2, 0.25) is 10.0 Å². The van der Waals surface area contributed by atoms with E-state index in [2.05, 4.69) is 10.1 Å². The highest BCUT2D eigenvalue weighted by Crippen LogP contribution is 2.33. The van der Waals surface area contributed by atoms with Crippen LogP contribution in [0.1, 0.15) is 18.1 Å². The van der Waals surface area contributed by atoms with E-state index in [-0.39, 0.29) is 10.9 Å². The molecule has 0 saturated heterocycles. The Morgan fingerprint density at radius 2 is 1.82 bits per heavy atom. The number of oxime groups is 1. The first-order valence-electron chi connectivity index (χ1n) is 5.97. The van der Waals surface area contributed by atoms with Crippen molar-refractivity contribution in [2.24, 2.45) is 5.16 Å². The summed E-state index contributed by atoms with van der Waals surface area (Å²) in [5.74, 6) is -0.206. The third kappa shape index (κ3) is 4.11. The van der Waals surface area contributed by atoms with Gasteiger partial charge in [-0.25, -0.2) is 4.98 Å². The predicted octanol–water partition coefficient (Wildman–Crippen LogP) is 5.21. The quantitative estimate of drug-likeness (QED) is 0.563. The van der Waals surface area contributed by atoms with Crippen molar-refractivity contribution in [2.45, 2.75) is 13.1 Å². The van der Waals surface area contributed by atoms with E-state index in [0.29, 0.717) is 16.9 Å². The minimum Gasteiger partial charge on any atom is -0.335 e. The molecular weight excluding hydrogens is 340 g/mol. The molecule has 2 rings (SSSR count). The molecule has 0 aliphatic rings. The molecule has 0 spiro atoms. The Kier molecular flexibility index (Phi) is 4.93. The molecule has 3 nitrogen and oxygen atoms in total. The summed E-state index contributed by atoms with van der Waals surface area (Å²) in [5, 5.41) is 4.09. The number of alkyl halides is 3. The van der Waals surface area contributed by atoms with Gasteiger partial charge >= 0.3 is 6.18 Å². The molecular formula is C14H9Cl2F3N2O. The van der Waals surface area contributed by atoms with Gasteiger partial charge in [-0.2, -0.15) is 13.2 Å². The monoisotopic (exact) mass is 348 g/mol. The number of hydrogen-bond acceptors (Lipinski definition) is 3. The predicted molar refractivity (Wildman–Crippen MR) is 78.5 cm³/mol. The van der Waals surface area contributed by atoms with E-state index in [1.807, 2.05) is 0 Å². The van der Waals surface area contributed by atoms with Crippen LogP contribution < -0.4 is 4.84 Å². The summed E-state index contributed by atoms with van der Waals surface area (Å²) in [6.07, 6.45) is -3.88. The van der Waals surface area contributed by atoms with Crippen LogP contribution in [0.3, 0.4) is 0 Å². The summed E-state index contributed by atoms with van der Waals surface area (Å²) in [7, 11) is 0. The van der Waals surface area contributed by atoms with Crippen molar-refractivity contribution >= 4 is 28.9 Å². The van der Waals surface area contributed by atoms with Crippen LogP contribution in [0.15, 0.2) is 41.7 Å². The van der Waals surface area contributed by atoms with E-state index in [1.165, 1.54) is 0 Å². The fraction of sp³-hybridized carbons (Fsp3) is 0.143. The van der Waals surface area contributed by atoms with Crippen LogP contribution in [0.25, 0.3) is 0 Å². The van der Waals surface area contributed by atoms with E-state index in [1.54, 1.807) is 31.2 Å². The van der Waals surface area contributed by atoms with Gasteiger partial charge in [-0.05, 0) is 30.7 Å². The molecule has 8 heteroatoms. The fourth-order valence-electron chi connectivity index (χ4n) is 1.50. The molecule has 1 heterocycles. The SMILES string of the molecule is C/C(=N/Oc1ncc(C(F)(F)F)cc1Cl)c1ccc(Cl)cc1. The second kappa shape index (κ2) is 6.54. The van der Waals surface area contributed by atoms with Gasteiger partial charge < -0.3 is 4.84 Å². The van der Waals surface area contributed by atoms with Crippen LogP contribution in [-0.4, -0.2) is 10.7 Å². The maximum atomic E-state index is 12.5. The molecule has 0 bridgehead atoms. The number of pyridine rings is 1. The number of halogens is 5. The highest BCUT2D eigenvalue weighted by molar-refractivity contribution is 6.32. The van der Waals surface area contributed by atoms with Gasteiger partial charge in [0.05, 0.1) is 11.3 Å². The van der Waals surface area contributed by atoms with Gasteiger partial charge in [0.1, 0.15) is 5.02 Å². The molecule has 0 aliphatic heterocycles. The Morgan fingerprint density at radius 3 is 2.36 bits per heavy atom. The average molecular weight is 349 g/mol. The topological polar surface area (TPSA) is 34.5 Å². The molecule has 0 fully saturated rings. The van der Waals surface area contributed by atoms with E-state index < -0.39 is 11.7 Å². The minimum atomic E-state index is -4.52. The number of hydrogen-bond donors (Lipinski definition) is 0. The highest BCUT2D eigenvalue weighted by Gasteiger charge is 2.31. The second-order valence-corrected chi connectivity index (χ2v) is 5.13. The van der Waals surface area contributed by atoms with Crippen LogP contribution >= 0.6 is 23.2 Å². The fourth-order valence-corrected chi connectivity index (χ4v) is 1.83. The first-order valence-corrected chi connectivity index (χ1v) is 6.73. The van der Waals surface area contributed by atoms with Crippen molar-refractivity contribution in [3.63, 3.8) is 0 Å². The number of rotatable bonds is 3. The van der Waals surface area contributed by atoms with E-state index in [9.17, 15) is 13.2 Å². The van der Waals surface area contributed by atoms with Gasteiger partial charge in [-0.3, -0.25) is 0 Å². The normalized spacial score (nSPS) is 12.4.